The number of aldehydes is 1. The van der Waals surface area contributed by atoms with E-state index in [4.69, 9.17) is 0 Å². The van der Waals surface area contributed by atoms with Crippen LogP contribution in [0.2, 0.25) is 0 Å². The lowest BCUT2D eigenvalue weighted by atomic mass is 10.1. The molecule has 0 fully saturated rings. The predicted molar refractivity (Wildman–Crippen MR) is 52.3 cm³/mol. The standard InChI is InChI=1S/C8H3F5INO/c9-6(10)5-3(2-16)7(14)15-1-4(5)8(11,12)13/h1-2,6H. The summed E-state index contributed by atoms with van der Waals surface area (Å²) >= 11 is 1.42. The van der Waals surface area contributed by atoms with Crippen LogP contribution in [-0.4, -0.2) is 11.3 Å². The average molecular weight is 351 g/mol. The summed E-state index contributed by atoms with van der Waals surface area (Å²) in [5.74, 6) is 0. The largest absolute Gasteiger partial charge is 0.418 e. The van der Waals surface area contributed by atoms with Crippen LogP contribution < -0.4 is 0 Å². The van der Waals surface area contributed by atoms with E-state index in [0.717, 1.165) is 0 Å². The average Bonchev–Trinajstić information content (AvgIpc) is 2.14. The number of nitrogens with zero attached hydrogens (tertiary/aromatic N) is 1. The molecule has 88 valence electrons. The van der Waals surface area contributed by atoms with Crippen molar-refractivity contribution in [3.05, 3.63) is 26.6 Å². The number of pyridine rings is 1. The second-order valence-electron chi connectivity index (χ2n) is 2.71. The summed E-state index contributed by atoms with van der Waals surface area (Å²) in [5, 5.41) is 0. The van der Waals surface area contributed by atoms with Crippen LogP contribution in [0.5, 0.6) is 0 Å². The van der Waals surface area contributed by atoms with E-state index in [9.17, 15) is 26.7 Å². The van der Waals surface area contributed by atoms with Gasteiger partial charge in [0.25, 0.3) is 6.43 Å². The van der Waals surface area contributed by atoms with Gasteiger partial charge in [-0.2, -0.15) is 13.2 Å². The van der Waals surface area contributed by atoms with Crippen molar-refractivity contribution < 1.29 is 26.7 Å². The van der Waals surface area contributed by atoms with E-state index in [1.807, 2.05) is 0 Å². The Morgan fingerprint density at radius 3 is 2.31 bits per heavy atom. The lowest BCUT2D eigenvalue weighted by Crippen LogP contribution is -2.14. The third-order valence-electron chi connectivity index (χ3n) is 1.75. The zero-order valence-electron chi connectivity index (χ0n) is 7.36. The van der Waals surface area contributed by atoms with Crippen LogP contribution in [0.25, 0.3) is 0 Å². The predicted octanol–water partition coefficient (Wildman–Crippen LogP) is 3.46. The quantitative estimate of drug-likeness (QED) is 0.354. The van der Waals surface area contributed by atoms with Gasteiger partial charge in [-0.05, 0) is 22.6 Å². The van der Waals surface area contributed by atoms with Gasteiger partial charge in [-0.1, -0.05) is 0 Å². The minimum atomic E-state index is -4.96. The number of carbonyl (C=O) groups is 1. The topological polar surface area (TPSA) is 30.0 Å². The number of halogens is 6. The Labute approximate surface area is 100.0 Å². The molecule has 0 N–H and O–H groups in total. The first kappa shape index (κ1) is 13.3. The first-order chi connectivity index (χ1) is 7.29. The van der Waals surface area contributed by atoms with Crippen LogP contribution in [0.3, 0.4) is 0 Å². The molecule has 0 atom stereocenters. The lowest BCUT2D eigenvalue weighted by molar-refractivity contribution is -0.139. The Balaban J connectivity index is 3.58. The maximum Gasteiger partial charge on any atom is 0.418 e. The van der Waals surface area contributed by atoms with E-state index < -0.39 is 29.3 Å². The minimum Gasteiger partial charge on any atom is -0.298 e. The fraction of sp³-hybridized carbons (Fsp3) is 0.250. The summed E-state index contributed by atoms with van der Waals surface area (Å²) in [5.41, 5.74) is -3.61. The molecular formula is C8H3F5INO. The molecule has 16 heavy (non-hydrogen) atoms. The molecule has 0 spiro atoms. The zero-order valence-corrected chi connectivity index (χ0v) is 9.51. The van der Waals surface area contributed by atoms with Gasteiger partial charge in [-0.3, -0.25) is 4.79 Å². The van der Waals surface area contributed by atoms with Crippen molar-refractivity contribution in [3.63, 3.8) is 0 Å². The molecule has 0 aliphatic heterocycles. The summed E-state index contributed by atoms with van der Waals surface area (Å²) in [6.07, 6.45) is -8.09. The SMILES string of the molecule is O=Cc1c(I)ncc(C(F)(F)F)c1C(F)F. The van der Waals surface area contributed by atoms with Crippen molar-refractivity contribution in [1.82, 2.24) is 4.98 Å². The van der Waals surface area contributed by atoms with Crippen LogP contribution in [0.15, 0.2) is 6.20 Å². The molecule has 0 saturated carbocycles. The maximum atomic E-state index is 12.5. The van der Waals surface area contributed by atoms with Crippen molar-refractivity contribution in [3.8, 4) is 0 Å². The number of hydrogen-bond acceptors (Lipinski definition) is 2. The molecule has 2 nitrogen and oxygen atoms in total. The van der Waals surface area contributed by atoms with Gasteiger partial charge < -0.3 is 0 Å². The molecule has 1 aromatic rings. The molecule has 0 unspecified atom stereocenters. The van der Waals surface area contributed by atoms with E-state index in [1.165, 1.54) is 22.6 Å². The first-order valence-electron chi connectivity index (χ1n) is 3.78. The van der Waals surface area contributed by atoms with Crippen molar-refractivity contribution in [2.45, 2.75) is 12.6 Å². The highest BCUT2D eigenvalue weighted by molar-refractivity contribution is 14.1. The van der Waals surface area contributed by atoms with E-state index in [0.29, 0.717) is 6.20 Å². The van der Waals surface area contributed by atoms with Crippen molar-refractivity contribution in [2.75, 3.05) is 0 Å². The van der Waals surface area contributed by atoms with Gasteiger partial charge in [0.05, 0.1) is 11.1 Å². The van der Waals surface area contributed by atoms with Gasteiger partial charge in [-0.25, -0.2) is 13.8 Å². The zero-order chi connectivity index (χ0) is 12.5. The Bertz CT molecular complexity index is 418. The van der Waals surface area contributed by atoms with E-state index in [2.05, 4.69) is 4.98 Å². The molecule has 0 radical (unpaired) electrons. The third-order valence-corrected chi connectivity index (χ3v) is 2.61. The highest BCUT2D eigenvalue weighted by Crippen LogP contribution is 2.38. The van der Waals surface area contributed by atoms with Crippen molar-refractivity contribution in [1.29, 1.82) is 0 Å². The van der Waals surface area contributed by atoms with Gasteiger partial charge in [0.2, 0.25) is 0 Å². The van der Waals surface area contributed by atoms with Crippen molar-refractivity contribution >= 4 is 28.9 Å². The molecule has 1 rings (SSSR count). The Kier molecular flexibility index (Phi) is 3.81. The fourth-order valence-electron chi connectivity index (χ4n) is 1.09. The summed E-state index contributed by atoms with van der Waals surface area (Å²) in [4.78, 5) is 13.7. The van der Waals surface area contributed by atoms with Crippen LogP contribution in [0, 0.1) is 3.70 Å². The number of hydrogen-bond donors (Lipinski definition) is 0. The molecule has 1 aromatic heterocycles. The van der Waals surface area contributed by atoms with Crippen LogP contribution in [0.1, 0.15) is 27.9 Å². The monoisotopic (exact) mass is 351 g/mol. The second kappa shape index (κ2) is 4.60. The minimum absolute atomic E-state index is 0.0501. The summed E-state index contributed by atoms with van der Waals surface area (Å²) in [6.45, 7) is 0. The van der Waals surface area contributed by atoms with Gasteiger partial charge in [-0.15, -0.1) is 0 Å². The Morgan fingerprint density at radius 1 is 1.38 bits per heavy atom. The fourth-order valence-corrected chi connectivity index (χ4v) is 1.65. The Hall–Kier alpha value is -0.800. The number of aromatic nitrogens is 1. The Morgan fingerprint density at radius 2 is 1.94 bits per heavy atom. The number of alkyl halides is 5. The van der Waals surface area contributed by atoms with Crippen molar-refractivity contribution in [2.24, 2.45) is 0 Å². The van der Waals surface area contributed by atoms with Crippen LogP contribution >= 0.6 is 22.6 Å². The highest BCUT2D eigenvalue weighted by atomic mass is 127. The molecule has 0 bridgehead atoms. The molecule has 0 saturated heterocycles. The van der Waals surface area contributed by atoms with Crippen LogP contribution in [0.4, 0.5) is 22.0 Å². The number of carbonyl (C=O) groups excluding carboxylic acids is 1. The number of rotatable bonds is 2. The maximum absolute atomic E-state index is 12.5. The highest BCUT2D eigenvalue weighted by Gasteiger charge is 2.38. The molecule has 0 aromatic carbocycles. The van der Waals surface area contributed by atoms with Gasteiger partial charge in [0, 0.05) is 11.8 Å². The summed E-state index contributed by atoms with van der Waals surface area (Å²) in [7, 11) is 0. The third kappa shape index (κ3) is 2.47. The summed E-state index contributed by atoms with van der Waals surface area (Å²) < 4.78 is 61.9. The normalized spacial score (nSPS) is 11.9. The van der Waals surface area contributed by atoms with E-state index in [1.54, 1.807) is 0 Å². The molecule has 0 amide bonds. The second-order valence-corrected chi connectivity index (χ2v) is 3.73. The molecule has 8 heteroatoms. The summed E-state index contributed by atoms with van der Waals surface area (Å²) in [6, 6.07) is 0. The van der Waals surface area contributed by atoms with Crippen LogP contribution in [-0.2, 0) is 6.18 Å². The first-order valence-corrected chi connectivity index (χ1v) is 4.85. The van der Waals surface area contributed by atoms with Gasteiger partial charge in [0.15, 0.2) is 6.29 Å². The van der Waals surface area contributed by atoms with Gasteiger partial charge >= 0.3 is 6.18 Å². The smallest absolute Gasteiger partial charge is 0.298 e. The van der Waals surface area contributed by atoms with E-state index in [-0.39, 0.29) is 9.99 Å². The lowest BCUT2D eigenvalue weighted by Gasteiger charge is -2.14. The molecule has 0 aliphatic carbocycles. The van der Waals surface area contributed by atoms with E-state index >= 15 is 0 Å². The molecule has 1 heterocycles. The molecule has 0 aliphatic rings. The van der Waals surface area contributed by atoms with Gasteiger partial charge in [0.1, 0.15) is 3.70 Å². The molecular weight excluding hydrogens is 348 g/mol.